The molecule has 0 radical (unpaired) electrons. The number of unbranched alkanes of at least 4 members (excludes halogenated alkanes) is 1. The van der Waals surface area contributed by atoms with E-state index in [-0.39, 0.29) is 0 Å². The maximum atomic E-state index is 6.19. The van der Waals surface area contributed by atoms with Crippen LogP contribution in [0.3, 0.4) is 0 Å². The van der Waals surface area contributed by atoms with E-state index in [4.69, 9.17) is 4.74 Å². The molecule has 2 heteroatoms. The summed E-state index contributed by atoms with van der Waals surface area (Å²) < 4.78 is 6.19. The van der Waals surface area contributed by atoms with Crippen LogP contribution in [0.1, 0.15) is 36.5 Å². The van der Waals surface area contributed by atoms with Crippen molar-refractivity contribution in [2.24, 2.45) is 0 Å². The first-order valence-corrected chi connectivity index (χ1v) is 9.17. The zero-order chi connectivity index (χ0) is 17.5. The van der Waals surface area contributed by atoms with Crippen molar-refractivity contribution in [2.75, 3.05) is 6.54 Å². The zero-order valence-electron chi connectivity index (χ0n) is 15.2. The van der Waals surface area contributed by atoms with Crippen molar-refractivity contribution in [1.82, 2.24) is 5.32 Å². The lowest BCUT2D eigenvalue weighted by Gasteiger charge is -2.15. The van der Waals surface area contributed by atoms with E-state index in [0.29, 0.717) is 6.61 Å². The van der Waals surface area contributed by atoms with Crippen LogP contribution in [0.4, 0.5) is 0 Å². The first kappa shape index (κ1) is 17.5. The summed E-state index contributed by atoms with van der Waals surface area (Å²) in [5, 5.41) is 6.09. The summed E-state index contributed by atoms with van der Waals surface area (Å²) >= 11 is 0. The highest BCUT2D eigenvalue weighted by Gasteiger charge is 2.09. The number of fused-ring (bicyclic) bond motifs is 1. The molecule has 0 aliphatic rings. The van der Waals surface area contributed by atoms with E-state index in [1.165, 1.54) is 40.3 Å². The molecule has 0 atom stereocenters. The molecule has 25 heavy (non-hydrogen) atoms. The van der Waals surface area contributed by atoms with Crippen LogP contribution in [0, 0.1) is 6.92 Å². The number of rotatable bonds is 8. The molecule has 0 fully saturated rings. The van der Waals surface area contributed by atoms with Gasteiger partial charge in [0.1, 0.15) is 12.4 Å². The fraction of sp³-hybridized carbons (Fsp3) is 0.304. The van der Waals surface area contributed by atoms with Crippen molar-refractivity contribution in [3.8, 4) is 5.75 Å². The predicted molar refractivity (Wildman–Crippen MR) is 106 cm³/mol. The summed E-state index contributed by atoms with van der Waals surface area (Å²) in [6.45, 7) is 6.80. The van der Waals surface area contributed by atoms with Gasteiger partial charge in [-0.3, -0.25) is 0 Å². The highest BCUT2D eigenvalue weighted by Crippen LogP contribution is 2.28. The summed E-state index contributed by atoms with van der Waals surface area (Å²) in [7, 11) is 0. The van der Waals surface area contributed by atoms with Crippen LogP contribution < -0.4 is 10.1 Å². The van der Waals surface area contributed by atoms with Crippen molar-refractivity contribution < 1.29 is 4.74 Å². The van der Waals surface area contributed by atoms with Crippen LogP contribution in [-0.2, 0) is 13.2 Å². The molecule has 1 N–H and O–H groups in total. The minimum Gasteiger partial charge on any atom is -0.489 e. The second-order valence-corrected chi connectivity index (χ2v) is 6.57. The number of aryl methyl sites for hydroxylation is 1. The molecule has 0 unspecified atom stereocenters. The molecule has 0 aromatic heterocycles. The molecule has 0 amide bonds. The van der Waals surface area contributed by atoms with Crippen LogP contribution in [0.5, 0.6) is 5.75 Å². The van der Waals surface area contributed by atoms with E-state index < -0.39 is 0 Å². The first-order valence-electron chi connectivity index (χ1n) is 9.17. The topological polar surface area (TPSA) is 21.3 Å². The van der Waals surface area contributed by atoms with Gasteiger partial charge < -0.3 is 10.1 Å². The maximum Gasteiger partial charge on any atom is 0.124 e. The Morgan fingerprint density at radius 2 is 1.72 bits per heavy atom. The van der Waals surface area contributed by atoms with Crippen LogP contribution in [0.25, 0.3) is 10.8 Å². The largest absolute Gasteiger partial charge is 0.489 e. The third-order valence-electron chi connectivity index (χ3n) is 4.52. The Bertz CT molecular complexity index is 808. The van der Waals surface area contributed by atoms with Crippen molar-refractivity contribution in [3.05, 3.63) is 77.4 Å². The first-order chi connectivity index (χ1) is 12.3. The van der Waals surface area contributed by atoms with E-state index in [2.05, 4.69) is 79.8 Å². The average Bonchev–Trinajstić information content (AvgIpc) is 2.65. The third kappa shape index (κ3) is 4.61. The molecular weight excluding hydrogens is 306 g/mol. The fourth-order valence-electron chi connectivity index (χ4n) is 2.99. The molecule has 130 valence electrons. The summed E-state index contributed by atoms with van der Waals surface area (Å²) in [5.74, 6) is 0.975. The van der Waals surface area contributed by atoms with Crippen LogP contribution in [-0.4, -0.2) is 6.54 Å². The molecule has 0 heterocycles. The van der Waals surface area contributed by atoms with Crippen molar-refractivity contribution in [2.45, 2.75) is 39.8 Å². The normalized spacial score (nSPS) is 11.0. The van der Waals surface area contributed by atoms with Gasteiger partial charge in [0.15, 0.2) is 0 Å². The number of hydrogen-bond donors (Lipinski definition) is 1. The standard InChI is InChI=1S/C23H27NO/c1-3-4-15-24-16-22-21-8-6-5-7-20(21)13-14-23(22)25-17-19-11-9-18(2)10-12-19/h5-14,24H,3-4,15-17H2,1-2H3. The second kappa shape index (κ2) is 8.68. The highest BCUT2D eigenvalue weighted by molar-refractivity contribution is 5.87. The van der Waals surface area contributed by atoms with E-state index in [1.807, 2.05) is 0 Å². The second-order valence-electron chi connectivity index (χ2n) is 6.57. The predicted octanol–water partition coefficient (Wildman–Crippen LogP) is 5.62. The van der Waals surface area contributed by atoms with Crippen molar-refractivity contribution in [1.29, 1.82) is 0 Å². The molecular formula is C23H27NO. The van der Waals surface area contributed by atoms with Gasteiger partial charge in [-0.2, -0.15) is 0 Å². The van der Waals surface area contributed by atoms with Crippen LogP contribution >= 0.6 is 0 Å². The molecule has 3 aromatic rings. The van der Waals surface area contributed by atoms with E-state index >= 15 is 0 Å². The van der Waals surface area contributed by atoms with Crippen LogP contribution in [0.2, 0.25) is 0 Å². The smallest absolute Gasteiger partial charge is 0.124 e. The molecule has 0 spiro atoms. The molecule has 0 saturated carbocycles. The molecule has 3 aromatic carbocycles. The van der Waals surface area contributed by atoms with Gasteiger partial charge in [-0.15, -0.1) is 0 Å². The van der Waals surface area contributed by atoms with Crippen molar-refractivity contribution in [3.63, 3.8) is 0 Å². The molecule has 0 bridgehead atoms. The molecule has 0 aliphatic carbocycles. The van der Waals surface area contributed by atoms with Crippen LogP contribution in [0.15, 0.2) is 60.7 Å². The lowest BCUT2D eigenvalue weighted by Crippen LogP contribution is -2.15. The van der Waals surface area contributed by atoms with Gasteiger partial charge in [-0.25, -0.2) is 0 Å². The van der Waals surface area contributed by atoms with Gasteiger partial charge >= 0.3 is 0 Å². The average molecular weight is 333 g/mol. The fourth-order valence-corrected chi connectivity index (χ4v) is 2.99. The lowest BCUT2D eigenvalue weighted by atomic mass is 10.0. The quantitative estimate of drug-likeness (QED) is 0.540. The Balaban J connectivity index is 1.81. The number of ether oxygens (including phenoxy) is 1. The molecule has 3 rings (SSSR count). The Hall–Kier alpha value is -2.32. The maximum absolute atomic E-state index is 6.19. The van der Waals surface area contributed by atoms with Gasteiger partial charge in [0, 0.05) is 12.1 Å². The number of benzene rings is 3. The minimum absolute atomic E-state index is 0.598. The SMILES string of the molecule is CCCCNCc1c(OCc2ccc(C)cc2)ccc2ccccc12. The summed E-state index contributed by atoms with van der Waals surface area (Å²) in [6.07, 6.45) is 2.41. The van der Waals surface area contributed by atoms with Gasteiger partial charge in [-0.1, -0.05) is 73.5 Å². The minimum atomic E-state index is 0.598. The Labute approximate surface area is 150 Å². The molecule has 2 nitrogen and oxygen atoms in total. The number of nitrogens with one attached hydrogen (secondary N) is 1. The Morgan fingerprint density at radius 3 is 2.52 bits per heavy atom. The number of hydrogen-bond acceptors (Lipinski definition) is 2. The molecule has 0 aliphatic heterocycles. The Morgan fingerprint density at radius 1 is 0.920 bits per heavy atom. The van der Waals surface area contributed by atoms with E-state index in [9.17, 15) is 0 Å². The van der Waals surface area contributed by atoms with Gasteiger partial charge in [0.05, 0.1) is 0 Å². The monoisotopic (exact) mass is 333 g/mol. The lowest BCUT2D eigenvalue weighted by molar-refractivity contribution is 0.302. The van der Waals surface area contributed by atoms with E-state index in [0.717, 1.165) is 18.8 Å². The summed E-state index contributed by atoms with van der Waals surface area (Å²) in [6, 6.07) is 21.3. The van der Waals surface area contributed by atoms with E-state index in [1.54, 1.807) is 0 Å². The van der Waals surface area contributed by atoms with Gasteiger partial charge in [0.25, 0.3) is 0 Å². The van der Waals surface area contributed by atoms with Crippen molar-refractivity contribution >= 4 is 10.8 Å². The van der Waals surface area contributed by atoms with Gasteiger partial charge in [0.2, 0.25) is 0 Å². The zero-order valence-corrected chi connectivity index (χ0v) is 15.2. The summed E-state index contributed by atoms with van der Waals surface area (Å²) in [4.78, 5) is 0. The Kier molecular flexibility index (Phi) is 6.08. The highest BCUT2D eigenvalue weighted by atomic mass is 16.5. The van der Waals surface area contributed by atoms with Gasteiger partial charge in [-0.05, 0) is 42.3 Å². The summed E-state index contributed by atoms with van der Waals surface area (Å²) in [5.41, 5.74) is 3.72. The molecule has 0 saturated heterocycles. The third-order valence-corrected chi connectivity index (χ3v) is 4.52.